The maximum atomic E-state index is 11.2. The average molecular weight is 259 g/mol. The van der Waals surface area contributed by atoms with Gasteiger partial charge in [0.15, 0.2) is 0 Å². The van der Waals surface area contributed by atoms with Gasteiger partial charge >= 0.3 is 0 Å². The normalized spacial score (nSPS) is 14.8. The summed E-state index contributed by atoms with van der Waals surface area (Å²) in [6.45, 7) is 5.88. The zero-order valence-corrected chi connectivity index (χ0v) is 11.6. The molecule has 0 amide bonds. The third-order valence-electron chi connectivity index (χ3n) is 2.42. The lowest BCUT2D eigenvalue weighted by atomic mass is 9.90. The van der Waals surface area contributed by atoms with Crippen LogP contribution in [0.3, 0.4) is 0 Å². The van der Waals surface area contributed by atoms with Gasteiger partial charge in [0.1, 0.15) is 5.82 Å². The van der Waals surface area contributed by atoms with E-state index in [9.17, 15) is 8.42 Å². The van der Waals surface area contributed by atoms with Crippen LogP contribution in [0, 0.1) is 5.92 Å². The van der Waals surface area contributed by atoms with Crippen LogP contribution in [0.4, 0.5) is 0 Å². The van der Waals surface area contributed by atoms with Crippen LogP contribution >= 0.6 is 0 Å². The highest BCUT2D eigenvalue weighted by molar-refractivity contribution is 7.88. The van der Waals surface area contributed by atoms with Crippen molar-refractivity contribution in [3.63, 3.8) is 0 Å². The number of nitrogens with zero attached hydrogens (tertiary/aromatic N) is 1. The molecular weight excluding hydrogens is 238 g/mol. The zero-order valence-electron chi connectivity index (χ0n) is 10.8. The van der Waals surface area contributed by atoms with E-state index < -0.39 is 15.6 Å². The fraction of sp³-hybridized carbons (Fsp3) is 0.727. The van der Waals surface area contributed by atoms with Crippen LogP contribution in [0.5, 0.6) is 0 Å². The van der Waals surface area contributed by atoms with Crippen molar-refractivity contribution in [2.24, 2.45) is 5.92 Å². The Morgan fingerprint density at radius 3 is 2.65 bits per heavy atom. The summed E-state index contributed by atoms with van der Waals surface area (Å²) in [7, 11) is -3.16. The molecule has 1 aromatic heterocycles. The van der Waals surface area contributed by atoms with E-state index in [-0.39, 0.29) is 0 Å². The first kappa shape index (κ1) is 14.2. The first-order chi connectivity index (χ1) is 7.68. The van der Waals surface area contributed by atoms with Crippen molar-refractivity contribution < 1.29 is 8.42 Å². The Hall–Kier alpha value is -0.880. The van der Waals surface area contributed by atoms with Crippen molar-refractivity contribution in [3.8, 4) is 0 Å². The fourth-order valence-corrected chi connectivity index (χ4v) is 3.31. The minimum absolute atomic E-state index is 0.352. The van der Waals surface area contributed by atoms with E-state index in [0.717, 1.165) is 18.7 Å². The fourth-order valence-electron chi connectivity index (χ4n) is 2.23. The molecule has 1 atom stereocenters. The van der Waals surface area contributed by atoms with Gasteiger partial charge in [-0.2, -0.15) is 0 Å². The second-order valence-electron chi connectivity index (χ2n) is 5.31. The molecule has 1 unspecified atom stereocenters. The van der Waals surface area contributed by atoms with Crippen molar-refractivity contribution in [2.75, 3.05) is 6.26 Å². The van der Waals surface area contributed by atoms with Crippen LogP contribution in [-0.4, -0.2) is 30.2 Å². The number of rotatable bonds is 6. The number of hydrogen-bond donors (Lipinski definition) is 2. The van der Waals surface area contributed by atoms with Crippen LogP contribution in [0.15, 0.2) is 12.4 Å². The third kappa shape index (κ3) is 5.83. The minimum atomic E-state index is -3.16. The van der Waals surface area contributed by atoms with Gasteiger partial charge in [0.05, 0.1) is 6.26 Å². The van der Waals surface area contributed by atoms with Gasteiger partial charge < -0.3 is 4.98 Å². The van der Waals surface area contributed by atoms with Crippen LogP contribution in [-0.2, 0) is 16.4 Å². The lowest BCUT2D eigenvalue weighted by molar-refractivity contribution is 0.347. The van der Waals surface area contributed by atoms with Crippen molar-refractivity contribution >= 4 is 10.0 Å². The first-order valence-electron chi connectivity index (χ1n) is 5.65. The van der Waals surface area contributed by atoms with Gasteiger partial charge in [0, 0.05) is 24.4 Å². The number of aromatic nitrogens is 2. The third-order valence-corrected chi connectivity index (χ3v) is 3.34. The number of H-pyrrole nitrogens is 1. The van der Waals surface area contributed by atoms with Crippen LogP contribution < -0.4 is 4.72 Å². The van der Waals surface area contributed by atoms with Gasteiger partial charge in [-0.05, 0) is 26.2 Å². The smallest absolute Gasteiger partial charge is 0.209 e. The van der Waals surface area contributed by atoms with Gasteiger partial charge in [-0.3, -0.25) is 0 Å². The number of imidazole rings is 1. The number of hydrogen-bond acceptors (Lipinski definition) is 3. The van der Waals surface area contributed by atoms with Crippen LogP contribution in [0.25, 0.3) is 0 Å². The summed E-state index contributed by atoms with van der Waals surface area (Å²) in [5, 5.41) is 0. The van der Waals surface area contributed by atoms with Gasteiger partial charge in [-0.1, -0.05) is 6.92 Å². The summed E-state index contributed by atoms with van der Waals surface area (Å²) in [5.74, 6) is 1.29. The van der Waals surface area contributed by atoms with E-state index in [0.29, 0.717) is 5.92 Å². The quantitative estimate of drug-likeness (QED) is 0.808. The molecule has 1 rings (SSSR count). The molecule has 0 fully saturated rings. The molecule has 98 valence electrons. The molecule has 1 heterocycles. The second-order valence-corrected chi connectivity index (χ2v) is 7.06. The Morgan fingerprint density at radius 2 is 2.18 bits per heavy atom. The molecule has 0 aromatic carbocycles. The molecule has 0 spiro atoms. The van der Waals surface area contributed by atoms with Crippen LogP contribution in [0.2, 0.25) is 0 Å². The number of aromatic amines is 1. The highest BCUT2D eigenvalue weighted by Crippen LogP contribution is 2.19. The maximum Gasteiger partial charge on any atom is 0.209 e. The molecule has 0 radical (unpaired) electrons. The predicted molar refractivity (Wildman–Crippen MR) is 68.1 cm³/mol. The Kier molecular flexibility index (Phi) is 4.32. The Bertz CT molecular complexity index is 437. The minimum Gasteiger partial charge on any atom is -0.349 e. The molecule has 0 saturated carbocycles. The summed E-state index contributed by atoms with van der Waals surface area (Å²) in [6, 6.07) is 0. The first-order valence-corrected chi connectivity index (χ1v) is 7.54. The van der Waals surface area contributed by atoms with Crippen molar-refractivity contribution in [1.29, 1.82) is 0 Å². The Labute approximate surface area is 103 Å². The van der Waals surface area contributed by atoms with E-state index in [2.05, 4.69) is 21.6 Å². The monoisotopic (exact) mass is 259 g/mol. The Morgan fingerprint density at radius 1 is 1.53 bits per heavy atom. The summed E-state index contributed by atoms with van der Waals surface area (Å²) < 4.78 is 25.1. The molecule has 0 bridgehead atoms. The van der Waals surface area contributed by atoms with E-state index in [1.165, 1.54) is 6.26 Å². The molecular formula is C11H21N3O2S. The predicted octanol–water partition coefficient (Wildman–Crippen LogP) is 1.31. The van der Waals surface area contributed by atoms with E-state index >= 15 is 0 Å². The molecule has 17 heavy (non-hydrogen) atoms. The van der Waals surface area contributed by atoms with Gasteiger partial charge in [0.2, 0.25) is 10.0 Å². The van der Waals surface area contributed by atoms with Crippen molar-refractivity contribution in [2.45, 2.75) is 39.2 Å². The van der Waals surface area contributed by atoms with E-state index in [1.807, 2.05) is 13.8 Å². The average Bonchev–Trinajstić information content (AvgIpc) is 2.49. The summed E-state index contributed by atoms with van der Waals surface area (Å²) in [4.78, 5) is 7.22. The molecule has 5 nitrogen and oxygen atoms in total. The van der Waals surface area contributed by atoms with Crippen LogP contribution in [0.1, 0.15) is 33.0 Å². The van der Waals surface area contributed by atoms with Gasteiger partial charge in [-0.15, -0.1) is 0 Å². The van der Waals surface area contributed by atoms with Gasteiger partial charge in [-0.25, -0.2) is 18.1 Å². The highest BCUT2D eigenvalue weighted by Gasteiger charge is 2.24. The largest absolute Gasteiger partial charge is 0.349 e. The molecule has 6 heteroatoms. The zero-order chi connectivity index (χ0) is 13.1. The lowest BCUT2D eigenvalue weighted by Crippen LogP contribution is -2.44. The van der Waals surface area contributed by atoms with E-state index in [1.54, 1.807) is 12.4 Å². The molecule has 0 saturated heterocycles. The second kappa shape index (κ2) is 5.18. The topological polar surface area (TPSA) is 74.8 Å². The Balaban J connectivity index is 2.52. The lowest BCUT2D eigenvalue weighted by Gasteiger charge is -2.28. The van der Waals surface area contributed by atoms with Gasteiger partial charge in [0.25, 0.3) is 0 Å². The highest BCUT2D eigenvalue weighted by atomic mass is 32.2. The number of nitrogens with one attached hydrogen (secondary N) is 2. The standard InChI is InChI=1S/C11H21N3O2S/c1-9(7-10-12-5-6-13-10)8-11(2,3)14-17(4,15)16/h5-6,9,14H,7-8H2,1-4H3,(H,12,13). The molecule has 1 aromatic rings. The number of sulfonamides is 1. The summed E-state index contributed by atoms with van der Waals surface area (Å²) >= 11 is 0. The van der Waals surface area contributed by atoms with Crippen molar-refractivity contribution in [1.82, 2.24) is 14.7 Å². The summed E-state index contributed by atoms with van der Waals surface area (Å²) in [5.41, 5.74) is -0.431. The SMILES string of the molecule is CC(Cc1ncc[nH]1)CC(C)(C)NS(C)(=O)=O. The van der Waals surface area contributed by atoms with Crippen molar-refractivity contribution in [3.05, 3.63) is 18.2 Å². The molecule has 0 aliphatic rings. The van der Waals surface area contributed by atoms with E-state index in [4.69, 9.17) is 0 Å². The maximum absolute atomic E-state index is 11.2. The molecule has 0 aliphatic heterocycles. The molecule has 0 aliphatic carbocycles. The molecule has 2 N–H and O–H groups in total. The summed E-state index contributed by atoms with van der Waals surface area (Å²) in [6.07, 6.45) is 6.29.